The van der Waals surface area contributed by atoms with Gasteiger partial charge in [0.15, 0.2) is 0 Å². The minimum absolute atomic E-state index is 0.373. The quantitative estimate of drug-likeness (QED) is 0.619. The van der Waals surface area contributed by atoms with E-state index in [0.29, 0.717) is 0 Å². The minimum Gasteiger partial charge on any atom is -0.333 e. The molecular formula is C8H14F2N2O. The maximum Gasteiger partial charge on any atom is 0.318 e. The Hall–Kier alpha value is -0.870. The van der Waals surface area contributed by atoms with Crippen LogP contribution in [0, 0.1) is 0 Å². The molecule has 0 spiro atoms. The Labute approximate surface area is 76.1 Å². The van der Waals surface area contributed by atoms with E-state index in [0.717, 1.165) is 4.90 Å². The second-order valence-corrected chi connectivity index (χ2v) is 4.39. The molecule has 0 unspecified atom stereocenters. The molecule has 13 heavy (non-hydrogen) atoms. The van der Waals surface area contributed by atoms with E-state index in [9.17, 15) is 13.6 Å². The van der Waals surface area contributed by atoms with Gasteiger partial charge in [0.1, 0.15) is 0 Å². The van der Waals surface area contributed by atoms with Crippen molar-refractivity contribution < 1.29 is 13.6 Å². The van der Waals surface area contributed by atoms with E-state index in [1.807, 2.05) is 20.8 Å². The van der Waals surface area contributed by atoms with Crippen LogP contribution in [0.15, 0.2) is 0 Å². The predicted molar refractivity (Wildman–Crippen MR) is 44.8 cm³/mol. The van der Waals surface area contributed by atoms with E-state index in [4.69, 9.17) is 0 Å². The Morgan fingerprint density at radius 2 is 1.85 bits per heavy atom. The number of nitrogens with one attached hydrogen (secondary N) is 1. The third-order valence-electron chi connectivity index (χ3n) is 1.61. The lowest BCUT2D eigenvalue weighted by atomic mass is 10.1. The van der Waals surface area contributed by atoms with Gasteiger partial charge in [0, 0.05) is 5.54 Å². The van der Waals surface area contributed by atoms with E-state index < -0.39 is 25.0 Å². The first-order valence-electron chi connectivity index (χ1n) is 4.15. The summed E-state index contributed by atoms with van der Waals surface area (Å²) < 4.78 is 24.7. The van der Waals surface area contributed by atoms with Gasteiger partial charge in [0.25, 0.3) is 5.92 Å². The van der Waals surface area contributed by atoms with E-state index in [1.165, 1.54) is 0 Å². The first kappa shape index (κ1) is 10.2. The fraction of sp³-hybridized carbons (Fsp3) is 0.875. The van der Waals surface area contributed by atoms with Gasteiger partial charge in [-0.2, -0.15) is 0 Å². The summed E-state index contributed by atoms with van der Waals surface area (Å²) in [4.78, 5) is 12.3. The average molecular weight is 192 g/mol. The fourth-order valence-electron chi connectivity index (χ4n) is 1.06. The van der Waals surface area contributed by atoms with Crippen molar-refractivity contribution in [2.24, 2.45) is 0 Å². The highest BCUT2D eigenvalue weighted by atomic mass is 19.3. The number of urea groups is 1. The smallest absolute Gasteiger partial charge is 0.318 e. The normalized spacial score (nSPS) is 20.8. The second-order valence-electron chi connectivity index (χ2n) is 4.39. The number of hydrogen-bond acceptors (Lipinski definition) is 1. The Kier molecular flexibility index (Phi) is 2.21. The van der Waals surface area contributed by atoms with Gasteiger partial charge in [-0.05, 0) is 20.8 Å². The molecule has 1 rings (SSSR count). The lowest BCUT2D eigenvalue weighted by molar-refractivity contribution is -0.110. The number of alkyl halides is 2. The standard InChI is InChI=1S/C8H14F2N2O/c1-7(2,3)11-6(13)12-4-8(9,10)5-12/h4-5H2,1-3H3,(H,11,13). The van der Waals surface area contributed by atoms with Crippen LogP contribution in [-0.2, 0) is 0 Å². The van der Waals surface area contributed by atoms with Crippen molar-refractivity contribution in [2.45, 2.75) is 32.2 Å². The molecule has 3 nitrogen and oxygen atoms in total. The van der Waals surface area contributed by atoms with Gasteiger partial charge >= 0.3 is 6.03 Å². The molecule has 1 saturated heterocycles. The molecule has 0 aliphatic carbocycles. The first-order valence-corrected chi connectivity index (χ1v) is 4.15. The number of rotatable bonds is 0. The summed E-state index contributed by atoms with van der Waals surface area (Å²) in [6.45, 7) is 4.50. The lowest BCUT2D eigenvalue weighted by Crippen LogP contribution is -2.62. The summed E-state index contributed by atoms with van der Waals surface area (Å²) in [7, 11) is 0. The highest BCUT2D eigenvalue weighted by molar-refractivity contribution is 5.76. The highest BCUT2D eigenvalue weighted by Gasteiger charge is 2.46. The van der Waals surface area contributed by atoms with Gasteiger partial charge in [0.2, 0.25) is 0 Å². The van der Waals surface area contributed by atoms with Crippen LogP contribution in [0.1, 0.15) is 20.8 Å². The van der Waals surface area contributed by atoms with Crippen LogP contribution in [-0.4, -0.2) is 35.5 Å². The molecule has 0 atom stereocenters. The van der Waals surface area contributed by atoms with Crippen LogP contribution in [0.2, 0.25) is 0 Å². The number of carbonyl (C=O) groups is 1. The van der Waals surface area contributed by atoms with Gasteiger partial charge in [-0.3, -0.25) is 0 Å². The second kappa shape index (κ2) is 2.82. The number of hydrogen-bond donors (Lipinski definition) is 1. The Bertz CT molecular complexity index is 215. The molecule has 76 valence electrons. The topological polar surface area (TPSA) is 32.3 Å². The van der Waals surface area contributed by atoms with Gasteiger partial charge in [-0.25, -0.2) is 13.6 Å². The monoisotopic (exact) mass is 192 g/mol. The number of amides is 2. The van der Waals surface area contributed by atoms with E-state index in [1.54, 1.807) is 0 Å². The molecule has 0 saturated carbocycles. The Balaban J connectivity index is 2.36. The fourth-order valence-corrected chi connectivity index (χ4v) is 1.06. The molecule has 0 radical (unpaired) electrons. The number of likely N-dealkylation sites (tertiary alicyclic amines) is 1. The summed E-state index contributed by atoms with van der Waals surface area (Å²) >= 11 is 0. The minimum atomic E-state index is -2.69. The van der Waals surface area contributed by atoms with Crippen LogP contribution in [0.4, 0.5) is 13.6 Å². The Morgan fingerprint density at radius 1 is 1.38 bits per heavy atom. The largest absolute Gasteiger partial charge is 0.333 e. The van der Waals surface area contributed by atoms with Crippen LogP contribution < -0.4 is 5.32 Å². The number of nitrogens with zero attached hydrogens (tertiary/aromatic N) is 1. The van der Waals surface area contributed by atoms with Crippen LogP contribution in [0.3, 0.4) is 0 Å². The summed E-state index contributed by atoms with van der Waals surface area (Å²) in [6.07, 6.45) is 0. The molecule has 1 fully saturated rings. The SMILES string of the molecule is CC(C)(C)NC(=O)N1CC(F)(F)C1. The van der Waals surface area contributed by atoms with Crippen molar-refractivity contribution in [2.75, 3.05) is 13.1 Å². The molecule has 0 aromatic heterocycles. The third-order valence-corrected chi connectivity index (χ3v) is 1.61. The van der Waals surface area contributed by atoms with Gasteiger partial charge < -0.3 is 10.2 Å². The lowest BCUT2D eigenvalue weighted by Gasteiger charge is -2.40. The molecular weight excluding hydrogens is 178 g/mol. The van der Waals surface area contributed by atoms with Gasteiger partial charge in [0.05, 0.1) is 13.1 Å². The van der Waals surface area contributed by atoms with E-state index >= 15 is 0 Å². The molecule has 2 amide bonds. The molecule has 1 N–H and O–H groups in total. The third kappa shape index (κ3) is 2.82. The van der Waals surface area contributed by atoms with E-state index in [-0.39, 0.29) is 5.54 Å². The average Bonchev–Trinajstić information content (AvgIpc) is 1.77. The van der Waals surface area contributed by atoms with Crippen molar-refractivity contribution in [1.29, 1.82) is 0 Å². The van der Waals surface area contributed by atoms with Crippen molar-refractivity contribution in [3.8, 4) is 0 Å². The van der Waals surface area contributed by atoms with Crippen molar-refractivity contribution in [1.82, 2.24) is 10.2 Å². The zero-order valence-corrected chi connectivity index (χ0v) is 8.03. The van der Waals surface area contributed by atoms with Gasteiger partial charge in [-0.15, -0.1) is 0 Å². The van der Waals surface area contributed by atoms with Crippen LogP contribution in [0.5, 0.6) is 0 Å². The molecule has 1 aliphatic rings. The van der Waals surface area contributed by atoms with E-state index in [2.05, 4.69) is 5.32 Å². The van der Waals surface area contributed by atoms with Crippen molar-refractivity contribution in [3.05, 3.63) is 0 Å². The molecule has 5 heteroatoms. The number of carbonyl (C=O) groups excluding carboxylic acids is 1. The van der Waals surface area contributed by atoms with Crippen molar-refractivity contribution >= 4 is 6.03 Å². The van der Waals surface area contributed by atoms with Crippen LogP contribution >= 0.6 is 0 Å². The summed E-state index contributed by atoms with van der Waals surface area (Å²) in [6, 6.07) is -0.418. The predicted octanol–water partition coefficient (Wildman–Crippen LogP) is 1.45. The maximum atomic E-state index is 12.4. The number of halogens is 2. The molecule has 0 aromatic rings. The molecule has 1 aliphatic heterocycles. The molecule has 0 aromatic carbocycles. The summed E-state index contributed by atoms with van der Waals surface area (Å²) in [5.74, 6) is -2.69. The Morgan fingerprint density at radius 3 is 2.15 bits per heavy atom. The van der Waals surface area contributed by atoms with Crippen molar-refractivity contribution in [3.63, 3.8) is 0 Å². The highest BCUT2D eigenvalue weighted by Crippen LogP contribution is 2.26. The van der Waals surface area contributed by atoms with Gasteiger partial charge in [-0.1, -0.05) is 0 Å². The zero-order chi connectivity index (χ0) is 10.3. The first-order chi connectivity index (χ1) is 5.70. The molecule has 1 heterocycles. The maximum absolute atomic E-state index is 12.4. The van der Waals surface area contributed by atoms with Crippen LogP contribution in [0.25, 0.3) is 0 Å². The summed E-state index contributed by atoms with van der Waals surface area (Å²) in [5.41, 5.74) is -0.373. The zero-order valence-electron chi connectivity index (χ0n) is 8.03. The summed E-state index contributed by atoms with van der Waals surface area (Å²) in [5, 5.41) is 2.61. The molecule has 0 bridgehead atoms.